The molecule has 17 heavy (non-hydrogen) atoms. The standard InChI is InChI=1S/C13H25N3O/c1-6-10(4)11(5)14-8-13-15-12(16-17-13)7-9(2)3/h9-11,14H,6-8H2,1-5H3/t10-,11+/m1/s1. The number of rotatable bonds is 7. The second-order valence-electron chi connectivity index (χ2n) is 5.26. The Hall–Kier alpha value is -0.900. The van der Waals surface area contributed by atoms with Crippen LogP contribution in [0.5, 0.6) is 0 Å². The minimum atomic E-state index is 0.473. The summed E-state index contributed by atoms with van der Waals surface area (Å²) in [5.41, 5.74) is 0. The average Bonchev–Trinajstić information content (AvgIpc) is 2.71. The Morgan fingerprint density at radius 2 is 1.94 bits per heavy atom. The molecular formula is C13H25N3O. The van der Waals surface area contributed by atoms with Gasteiger partial charge in [-0.15, -0.1) is 0 Å². The highest BCUT2D eigenvalue weighted by molar-refractivity contribution is 4.87. The van der Waals surface area contributed by atoms with Gasteiger partial charge in [0.2, 0.25) is 5.89 Å². The van der Waals surface area contributed by atoms with E-state index in [1.54, 1.807) is 0 Å². The van der Waals surface area contributed by atoms with Crippen molar-refractivity contribution in [1.29, 1.82) is 0 Å². The van der Waals surface area contributed by atoms with Gasteiger partial charge in [-0.25, -0.2) is 0 Å². The maximum absolute atomic E-state index is 5.21. The molecule has 0 aromatic carbocycles. The lowest BCUT2D eigenvalue weighted by atomic mass is 10.0. The van der Waals surface area contributed by atoms with Crippen LogP contribution in [-0.4, -0.2) is 16.2 Å². The summed E-state index contributed by atoms with van der Waals surface area (Å²) in [6, 6.07) is 0.473. The molecule has 0 aliphatic heterocycles. The van der Waals surface area contributed by atoms with Gasteiger partial charge < -0.3 is 9.84 Å². The van der Waals surface area contributed by atoms with Crippen LogP contribution in [0.15, 0.2) is 4.52 Å². The summed E-state index contributed by atoms with van der Waals surface area (Å²) in [6.07, 6.45) is 2.06. The third-order valence-corrected chi connectivity index (χ3v) is 3.17. The molecule has 0 amide bonds. The minimum Gasteiger partial charge on any atom is -0.338 e. The quantitative estimate of drug-likeness (QED) is 0.795. The summed E-state index contributed by atoms with van der Waals surface area (Å²) >= 11 is 0. The summed E-state index contributed by atoms with van der Waals surface area (Å²) in [7, 11) is 0. The van der Waals surface area contributed by atoms with Crippen molar-refractivity contribution in [2.45, 2.75) is 60.0 Å². The Morgan fingerprint density at radius 1 is 1.24 bits per heavy atom. The fourth-order valence-electron chi connectivity index (χ4n) is 1.61. The molecule has 4 heteroatoms. The number of hydrogen-bond donors (Lipinski definition) is 1. The Kier molecular flexibility index (Phi) is 5.62. The Labute approximate surface area is 104 Å². The molecule has 0 radical (unpaired) electrons. The molecule has 0 fully saturated rings. The molecule has 1 aromatic rings. The molecule has 0 aliphatic carbocycles. The number of aromatic nitrogens is 2. The summed E-state index contributed by atoms with van der Waals surface area (Å²) in [5.74, 6) is 2.73. The van der Waals surface area contributed by atoms with Crippen LogP contribution in [0.4, 0.5) is 0 Å². The monoisotopic (exact) mass is 239 g/mol. The van der Waals surface area contributed by atoms with E-state index in [4.69, 9.17) is 4.52 Å². The van der Waals surface area contributed by atoms with E-state index in [9.17, 15) is 0 Å². The van der Waals surface area contributed by atoms with E-state index in [0.717, 1.165) is 12.2 Å². The van der Waals surface area contributed by atoms with Crippen LogP contribution in [0, 0.1) is 11.8 Å². The van der Waals surface area contributed by atoms with E-state index < -0.39 is 0 Å². The zero-order valence-electron chi connectivity index (χ0n) is 11.7. The van der Waals surface area contributed by atoms with Crippen molar-refractivity contribution in [2.24, 2.45) is 11.8 Å². The van der Waals surface area contributed by atoms with E-state index in [0.29, 0.717) is 30.3 Å². The zero-order valence-corrected chi connectivity index (χ0v) is 11.7. The molecule has 0 unspecified atom stereocenters. The summed E-state index contributed by atoms with van der Waals surface area (Å²) in [4.78, 5) is 4.37. The molecule has 1 aromatic heterocycles. The molecule has 1 heterocycles. The maximum Gasteiger partial charge on any atom is 0.240 e. The molecule has 0 bridgehead atoms. The van der Waals surface area contributed by atoms with E-state index in [1.165, 1.54) is 6.42 Å². The smallest absolute Gasteiger partial charge is 0.240 e. The van der Waals surface area contributed by atoms with Crippen molar-refractivity contribution in [3.63, 3.8) is 0 Å². The van der Waals surface area contributed by atoms with Crippen LogP contribution >= 0.6 is 0 Å². The Morgan fingerprint density at radius 3 is 2.53 bits per heavy atom. The fraction of sp³-hybridized carbons (Fsp3) is 0.846. The summed E-state index contributed by atoms with van der Waals surface area (Å²) < 4.78 is 5.21. The van der Waals surface area contributed by atoms with Crippen LogP contribution in [0.1, 0.15) is 52.8 Å². The van der Waals surface area contributed by atoms with E-state index >= 15 is 0 Å². The molecule has 1 rings (SSSR count). The summed E-state index contributed by atoms with van der Waals surface area (Å²) in [6.45, 7) is 11.6. The van der Waals surface area contributed by atoms with Gasteiger partial charge in [-0.2, -0.15) is 4.98 Å². The van der Waals surface area contributed by atoms with Gasteiger partial charge in [0.25, 0.3) is 0 Å². The van der Waals surface area contributed by atoms with Crippen LogP contribution in [0.25, 0.3) is 0 Å². The third-order valence-electron chi connectivity index (χ3n) is 3.17. The van der Waals surface area contributed by atoms with Gasteiger partial charge in [-0.3, -0.25) is 0 Å². The largest absolute Gasteiger partial charge is 0.338 e. The lowest BCUT2D eigenvalue weighted by Gasteiger charge is -2.18. The van der Waals surface area contributed by atoms with Crippen molar-refractivity contribution in [1.82, 2.24) is 15.5 Å². The van der Waals surface area contributed by atoms with E-state index in [1.807, 2.05) is 0 Å². The first-order chi connectivity index (χ1) is 8.02. The van der Waals surface area contributed by atoms with Crippen LogP contribution in [-0.2, 0) is 13.0 Å². The predicted octanol–water partition coefficient (Wildman–Crippen LogP) is 2.79. The highest BCUT2D eigenvalue weighted by atomic mass is 16.5. The molecule has 0 saturated heterocycles. The number of nitrogens with one attached hydrogen (secondary N) is 1. The first-order valence-corrected chi connectivity index (χ1v) is 6.57. The topological polar surface area (TPSA) is 51.0 Å². The van der Waals surface area contributed by atoms with Crippen LogP contribution < -0.4 is 5.32 Å². The average molecular weight is 239 g/mol. The molecule has 1 N–H and O–H groups in total. The molecule has 0 saturated carbocycles. The number of nitrogens with zero attached hydrogens (tertiary/aromatic N) is 2. The minimum absolute atomic E-state index is 0.473. The van der Waals surface area contributed by atoms with Gasteiger partial charge >= 0.3 is 0 Å². The van der Waals surface area contributed by atoms with Gasteiger partial charge in [-0.05, 0) is 18.8 Å². The van der Waals surface area contributed by atoms with Gasteiger partial charge in [0.1, 0.15) is 0 Å². The molecule has 4 nitrogen and oxygen atoms in total. The second-order valence-corrected chi connectivity index (χ2v) is 5.26. The van der Waals surface area contributed by atoms with Crippen molar-refractivity contribution in [2.75, 3.05) is 0 Å². The van der Waals surface area contributed by atoms with Crippen LogP contribution in [0.2, 0.25) is 0 Å². The van der Waals surface area contributed by atoms with Gasteiger partial charge in [-0.1, -0.05) is 39.3 Å². The third kappa shape index (κ3) is 4.86. The van der Waals surface area contributed by atoms with Crippen LogP contribution in [0.3, 0.4) is 0 Å². The van der Waals surface area contributed by atoms with Crippen molar-refractivity contribution in [3.8, 4) is 0 Å². The lowest BCUT2D eigenvalue weighted by Crippen LogP contribution is -2.31. The second kappa shape index (κ2) is 6.74. The zero-order chi connectivity index (χ0) is 12.8. The Balaban J connectivity index is 2.39. The maximum atomic E-state index is 5.21. The molecule has 0 aliphatic rings. The molecule has 2 atom stereocenters. The molecular weight excluding hydrogens is 214 g/mol. The first-order valence-electron chi connectivity index (χ1n) is 6.57. The Bertz CT molecular complexity index is 322. The molecule has 0 spiro atoms. The number of hydrogen-bond acceptors (Lipinski definition) is 4. The normalized spacial score (nSPS) is 15.2. The van der Waals surface area contributed by atoms with Gasteiger partial charge in [0.05, 0.1) is 6.54 Å². The summed E-state index contributed by atoms with van der Waals surface area (Å²) in [5, 5.41) is 7.39. The highest BCUT2D eigenvalue weighted by Gasteiger charge is 2.12. The van der Waals surface area contributed by atoms with Crippen molar-refractivity contribution < 1.29 is 4.52 Å². The van der Waals surface area contributed by atoms with E-state index in [2.05, 4.69) is 50.1 Å². The molecule has 98 valence electrons. The van der Waals surface area contributed by atoms with Gasteiger partial charge in [0.15, 0.2) is 5.82 Å². The van der Waals surface area contributed by atoms with Crippen molar-refractivity contribution in [3.05, 3.63) is 11.7 Å². The first kappa shape index (κ1) is 14.2. The van der Waals surface area contributed by atoms with Gasteiger partial charge in [0, 0.05) is 12.5 Å². The highest BCUT2D eigenvalue weighted by Crippen LogP contribution is 2.08. The van der Waals surface area contributed by atoms with E-state index in [-0.39, 0.29) is 0 Å². The lowest BCUT2D eigenvalue weighted by molar-refractivity contribution is 0.330. The van der Waals surface area contributed by atoms with Crippen molar-refractivity contribution >= 4 is 0 Å². The SMILES string of the molecule is CC[C@@H](C)[C@H](C)NCc1nc(CC(C)C)no1. The predicted molar refractivity (Wildman–Crippen MR) is 68.6 cm³/mol. The fourth-order valence-corrected chi connectivity index (χ4v) is 1.61.